The minimum Gasteiger partial charge on any atom is -0.270 e. The molecule has 0 aliphatic heterocycles. The third kappa shape index (κ3) is 3.71. The summed E-state index contributed by atoms with van der Waals surface area (Å²) in [5.41, 5.74) is 2.78. The number of fused-ring (bicyclic) bond motifs is 1. The molecule has 0 N–H and O–H groups in total. The summed E-state index contributed by atoms with van der Waals surface area (Å²) in [4.78, 5) is 0. The topological polar surface area (TPSA) is 73.8 Å². The zero-order chi connectivity index (χ0) is 22.3. The van der Waals surface area contributed by atoms with Crippen molar-refractivity contribution in [2.24, 2.45) is 0 Å². The summed E-state index contributed by atoms with van der Waals surface area (Å²) < 4.78 is 42.2. The van der Waals surface area contributed by atoms with E-state index >= 15 is 0 Å². The lowest BCUT2D eigenvalue weighted by Crippen LogP contribution is -2.12. The SMILES string of the molecule is Cc1ccc(-n2c(Sc3ccc4nnc(C(F)(F)F)n4n3)nnc2-c2ccccc2)cc1. The summed E-state index contributed by atoms with van der Waals surface area (Å²) >= 11 is 1.10. The number of alkyl halides is 3. The van der Waals surface area contributed by atoms with Gasteiger partial charge in [-0.15, -0.1) is 20.4 Å². The van der Waals surface area contributed by atoms with Gasteiger partial charge in [-0.2, -0.15) is 22.8 Å². The van der Waals surface area contributed by atoms with Gasteiger partial charge in [0.25, 0.3) is 5.82 Å². The molecule has 3 heterocycles. The van der Waals surface area contributed by atoms with E-state index in [9.17, 15) is 13.2 Å². The summed E-state index contributed by atoms with van der Waals surface area (Å²) in [6.45, 7) is 1.99. The van der Waals surface area contributed by atoms with Crippen molar-refractivity contribution in [3.8, 4) is 17.1 Å². The predicted molar refractivity (Wildman–Crippen MR) is 111 cm³/mol. The Hall–Kier alpha value is -3.73. The fourth-order valence-electron chi connectivity index (χ4n) is 3.13. The monoisotopic (exact) mass is 453 g/mol. The second-order valence-electron chi connectivity index (χ2n) is 6.91. The van der Waals surface area contributed by atoms with E-state index in [0.717, 1.165) is 28.6 Å². The molecule has 32 heavy (non-hydrogen) atoms. The molecule has 0 spiro atoms. The van der Waals surface area contributed by atoms with Gasteiger partial charge in [-0.05, 0) is 43.0 Å². The van der Waals surface area contributed by atoms with Gasteiger partial charge in [0.15, 0.2) is 11.5 Å². The molecular weight excluding hydrogens is 439 g/mol. The summed E-state index contributed by atoms with van der Waals surface area (Å²) in [6, 6.07) is 20.4. The minimum absolute atomic E-state index is 0.00616. The number of benzene rings is 2. The van der Waals surface area contributed by atoms with Crippen LogP contribution in [0.5, 0.6) is 0 Å². The number of halogens is 3. The van der Waals surface area contributed by atoms with Crippen LogP contribution in [0.25, 0.3) is 22.7 Å². The molecular formula is C21H14F3N7S. The molecule has 0 fully saturated rings. The number of rotatable bonds is 4. The van der Waals surface area contributed by atoms with Crippen molar-refractivity contribution < 1.29 is 13.2 Å². The highest BCUT2D eigenvalue weighted by Gasteiger charge is 2.37. The lowest BCUT2D eigenvalue weighted by atomic mass is 10.2. The molecule has 2 aromatic carbocycles. The number of aryl methyl sites for hydroxylation is 1. The molecule has 3 aromatic heterocycles. The van der Waals surface area contributed by atoms with Crippen molar-refractivity contribution in [3.63, 3.8) is 0 Å². The summed E-state index contributed by atoms with van der Waals surface area (Å²) in [5.74, 6) is -0.571. The van der Waals surface area contributed by atoms with Gasteiger partial charge in [0, 0.05) is 11.3 Å². The second-order valence-corrected chi connectivity index (χ2v) is 7.90. The Morgan fingerprint density at radius 3 is 2.28 bits per heavy atom. The lowest BCUT2D eigenvalue weighted by Gasteiger charge is -2.11. The average Bonchev–Trinajstić information content (AvgIpc) is 3.39. The lowest BCUT2D eigenvalue weighted by molar-refractivity contribution is -0.146. The fraction of sp³-hybridized carbons (Fsp3) is 0.0952. The van der Waals surface area contributed by atoms with Crippen LogP contribution in [0.15, 0.2) is 76.9 Å². The maximum Gasteiger partial charge on any atom is 0.453 e. The Labute approximate surface area is 183 Å². The van der Waals surface area contributed by atoms with Crippen LogP contribution in [0.1, 0.15) is 11.4 Å². The fourth-order valence-corrected chi connectivity index (χ4v) is 3.94. The van der Waals surface area contributed by atoms with Crippen LogP contribution >= 0.6 is 11.8 Å². The van der Waals surface area contributed by atoms with E-state index in [1.807, 2.05) is 66.1 Å². The molecule has 160 valence electrons. The third-order valence-electron chi connectivity index (χ3n) is 4.65. The minimum atomic E-state index is -4.67. The second kappa shape index (κ2) is 7.75. The van der Waals surface area contributed by atoms with E-state index in [0.29, 0.717) is 20.5 Å². The first-order valence-electron chi connectivity index (χ1n) is 9.45. The Morgan fingerprint density at radius 1 is 0.812 bits per heavy atom. The third-order valence-corrected chi connectivity index (χ3v) is 5.52. The number of nitrogens with zero attached hydrogens (tertiary/aromatic N) is 7. The van der Waals surface area contributed by atoms with Gasteiger partial charge < -0.3 is 0 Å². The molecule has 11 heteroatoms. The molecule has 0 atom stereocenters. The maximum atomic E-state index is 13.2. The largest absolute Gasteiger partial charge is 0.453 e. The van der Waals surface area contributed by atoms with Gasteiger partial charge in [-0.25, -0.2) is 0 Å². The molecule has 0 aliphatic rings. The van der Waals surface area contributed by atoms with Gasteiger partial charge in [-0.1, -0.05) is 48.0 Å². The smallest absolute Gasteiger partial charge is 0.270 e. The number of aromatic nitrogens is 7. The molecule has 0 bridgehead atoms. The maximum absolute atomic E-state index is 13.2. The Balaban J connectivity index is 1.61. The molecule has 7 nitrogen and oxygen atoms in total. The Morgan fingerprint density at radius 2 is 1.56 bits per heavy atom. The average molecular weight is 453 g/mol. The first kappa shape index (κ1) is 20.2. The Bertz CT molecular complexity index is 1390. The highest BCUT2D eigenvalue weighted by atomic mass is 32.2. The highest BCUT2D eigenvalue weighted by molar-refractivity contribution is 7.99. The molecule has 0 radical (unpaired) electrons. The van der Waals surface area contributed by atoms with Crippen molar-refractivity contribution in [2.75, 3.05) is 0 Å². The number of hydrogen-bond donors (Lipinski definition) is 0. The van der Waals surface area contributed by atoms with E-state index in [1.54, 1.807) is 6.07 Å². The summed E-state index contributed by atoms with van der Waals surface area (Å²) in [5, 5.41) is 20.2. The molecule has 5 aromatic rings. The highest BCUT2D eigenvalue weighted by Crippen LogP contribution is 2.32. The predicted octanol–water partition coefficient (Wildman–Crippen LogP) is 4.85. The van der Waals surface area contributed by atoms with Gasteiger partial charge in [0.1, 0.15) is 5.03 Å². The molecule has 0 amide bonds. The van der Waals surface area contributed by atoms with Gasteiger partial charge in [0.2, 0.25) is 5.16 Å². The van der Waals surface area contributed by atoms with Crippen LogP contribution < -0.4 is 0 Å². The molecule has 5 rings (SSSR count). The van der Waals surface area contributed by atoms with Gasteiger partial charge in [0.05, 0.1) is 0 Å². The standard InChI is InChI=1S/C21H14F3N7S/c1-13-7-9-15(10-8-13)30-18(14-5-3-2-4-6-14)26-28-20(30)32-17-12-11-16-25-27-19(21(22,23)24)31(16)29-17/h2-12H,1H3. The van der Waals surface area contributed by atoms with Crippen LogP contribution in [0, 0.1) is 6.92 Å². The zero-order valence-corrected chi connectivity index (χ0v) is 17.3. The quantitative estimate of drug-likeness (QED) is 0.387. The van der Waals surface area contributed by atoms with Gasteiger partial charge in [-0.3, -0.25) is 4.57 Å². The van der Waals surface area contributed by atoms with Crippen molar-refractivity contribution in [3.05, 3.63) is 78.1 Å². The van der Waals surface area contributed by atoms with Crippen LogP contribution in [0.4, 0.5) is 13.2 Å². The van der Waals surface area contributed by atoms with Crippen molar-refractivity contribution in [1.82, 2.24) is 34.6 Å². The van der Waals surface area contributed by atoms with E-state index in [1.165, 1.54) is 6.07 Å². The zero-order valence-electron chi connectivity index (χ0n) is 16.5. The van der Waals surface area contributed by atoms with Gasteiger partial charge >= 0.3 is 6.18 Å². The van der Waals surface area contributed by atoms with E-state index in [2.05, 4.69) is 25.5 Å². The Kier molecular flexibility index (Phi) is 4.89. The van der Waals surface area contributed by atoms with E-state index < -0.39 is 12.0 Å². The number of hydrogen-bond acceptors (Lipinski definition) is 6. The van der Waals surface area contributed by atoms with Crippen LogP contribution in [0.3, 0.4) is 0 Å². The molecule has 0 unspecified atom stereocenters. The summed E-state index contributed by atoms with van der Waals surface area (Å²) in [7, 11) is 0. The van der Waals surface area contributed by atoms with E-state index in [-0.39, 0.29) is 5.65 Å². The molecule has 0 saturated heterocycles. The van der Waals surface area contributed by atoms with Crippen LogP contribution in [0.2, 0.25) is 0 Å². The molecule has 0 saturated carbocycles. The van der Waals surface area contributed by atoms with Crippen LogP contribution in [-0.2, 0) is 6.18 Å². The van der Waals surface area contributed by atoms with Crippen molar-refractivity contribution in [1.29, 1.82) is 0 Å². The van der Waals surface area contributed by atoms with E-state index in [4.69, 9.17) is 0 Å². The van der Waals surface area contributed by atoms with Crippen LogP contribution in [-0.4, -0.2) is 34.6 Å². The first-order chi connectivity index (χ1) is 15.4. The van der Waals surface area contributed by atoms with Crippen molar-refractivity contribution >= 4 is 17.4 Å². The first-order valence-corrected chi connectivity index (χ1v) is 10.3. The van der Waals surface area contributed by atoms with Crippen molar-refractivity contribution in [2.45, 2.75) is 23.3 Å². The summed E-state index contributed by atoms with van der Waals surface area (Å²) in [6.07, 6.45) is -4.67. The molecule has 0 aliphatic carbocycles. The normalized spacial score (nSPS) is 11.9.